The van der Waals surface area contributed by atoms with Crippen molar-refractivity contribution < 1.29 is 4.79 Å². The summed E-state index contributed by atoms with van der Waals surface area (Å²) in [6.07, 6.45) is 2.41. The minimum atomic E-state index is 0.241. The molecular formula is C14H19N3O. The predicted molar refractivity (Wildman–Crippen MR) is 71.0 cm³/mol. The third-order valence-corrected chi connectivity index (χ3v) is 4.02. The Bertz CT molecular complexity index is 472. The minimum Gasteiger partial charge on any atom is -0.350 e. The molecule has 1 aromatic heterocycles. The van der Waals surface area contributed by atoms with E-state index in [0.717, 1.165) is 31.0 Å². The Hall–Kier alpha value is -1.42. The van der Waals surface area contributed by atoms with Gasteiger partial charge in [-0.3, -0.25) is 9.69 Å². The van der Waals surface area contributed by atoms with E-state index in [4.69, 9.17) is 0 Å². The third kappa shape index (κ3) is 1.81. The van der Waals surface area contributed by atoms with Gasteiger partial charge in [0.25, 0.3) is 0 Å². The van der Waals surface area contributed by atoms with Crippen molar-refractivity contribution in [2.24, 2.45) is 0 Å². The summed E-state index contributed by atoms with van der Waals surface area (Å²) in [6.45, 7) is 7.43. The van der Waals surface area contributed by atoms with Crippen LogP contribution in [0.4, 0.5) is 5.82 Å². The van der Waals surface area contributed by atoms with Crippen LogP contribution in [0.5, 0.6) is 0 Å². The van der Waals surface area contributed by atoms with Gasteiger partial charge < -0.3 is 4.90 Å². The number of nitrogens with zero attached hydrogens (tertiary/aromatic N) is 3. The number of aromatic nitrogens is 1. The van der Waals surface area contributed by atoms with Crippen molar-refractivity contribution in [3.05, 3.63) is 23.9 Å². The Morgan fingerprint density at radius 2 is 2.22 bits per heavy atom. The normalized spacial score (nSPS) is 24.1. The second kappa shape index (κ2) is 4.35. The Balaban J connectivity index is 1.90. The first-order valence-corrected chi connectivity index (χ1v) is 6.65. The molecule has 0 radical (unpaired) electrons. The maximum absolute atomic E-state index is 12.1. The molecule has 1 fully saturated rings. The van der Waals surface area contributed by atoms with Gasteiger partial charge in [-0.05, 0) is 26.0 Å². The van der Waals surface area contributed by atoms with E-state index >= 15 is 0 Å². The number of hydrogen-bond donors (Lipinski definition) is 0. The van der Waals surface area contributed by atoms with E-state index in [1.807, 2.05) is 12.1 Å². The second-order valence-corrected chi connectivity index (χ2v) is 5.44. The number of piperazine rings is 1. The molecule has 0 aliphatic carbocycles. The van der Waals surface area contributed by atoms with Crippen LogP contribution in [0.2, 0.25) is 0 Å². The lowest BCUT2D eigenvalue weighted by Gasteiger charge is -2.45. The zero-order valence-corrected chi connectivity index (χ0v) is 11.0. The van der Waals surface area contributed by atoms with Crippen LogP contribution >= 0.6 is 0 Å². The predicted octanol–water partition coefficient (Wildman–Crippen LogP) is 1.57. The summed E-state index contributed by atoms with van der Waals surface area (Å²) < 4.78 is 0. The zero-order chi connectivity index (χ0) is 12.7. The molecule has 1 saturated heterocycles. The largest absolute Gasteiger partial charge is 0.350 e. The molecule has 1 atom stereocenters. The van der Waals surface area contributed by atoms with Crippen LogP contribution in [-0.4, -0.2) is 47.4 Å². The first-order chi connectivity index (χ1) is 8.66. The summed E-state index contributed by atoms with van der Waals surface area (Å²) in [6, 6.07) is 4.60. The fourth-order valence-electron chi connectivity index (χ4n) is 2.97. The van der Waals surface area contributed by atoms with E-state index in [1.165, 1.54) is 0 Å². The molecule has 3 rings (SSSR count). The van der Waals surface area contributed by atoms with Crippen LogP contribution in [0, 0.1) is 0 Å². The summed E-state index contributed by atoms with van der Waals surface area (Å²) in [5.74, 6) is 1.13. The van der Waals surface area contributed by atoms with Gasteiger partial charge in [-0.15, -0.1) is 0 Å². The molecular weight excluding hydrogens is 226 g/mol. The summed E-state index contributed by atoms with van der Waals surface area (Å²) >= 11 is 0. The standard InChI is InChI=1S/C14H19N3O/c1-10(2)16-6-7-17-11(9-16)8-13(18)12-4-3-5-15-14(12)17/h3-5,10-11H,6-9H2,1-2H3. The molecule has 4 heteroatoms. The average Bonchev–Trinajstić information content (AvgIpc) is 2.38. The molecule has 0 aromatic carbocycles. The zero-order valence-electron chi connectivity index (χ0n) is 11.0. The summed E-state index contributed by atoms with van der Waals surface area (Å²) in [5, 5.41) is 0. The molecule has 1 aromatic rings. The number of ketones is 1. The summed E-state index contributed by atoms with van der Waals surface area (Å²) in [7, 11) is 0. The number of pyridine rings is 1. The SMILES string of the molecule is CC(C)N1CCN2c3ncccc3C(=O)CC2C1. The lowest BCUT2D eigenvalue weighted by molar-refractivity contribution is 0.0932. The van der Waals surface area contributed by atoms with E-state index in [1.54, 1.807) is 6.20 Å². The highest BCUT2D eigenvalue weighted by Gasteiger charge is 2.36. The quantitative estimate of drug-likeness (QED) is 0.752. The first-order valence-electron chi connectivity index (χ1n) is 6.65. The van der Waals surface area contributed by atoms with Gasteiger partial charge in [0.1, 0.15) is 5.82 Å². The van der Waals surface area contributed by atoms with E-state index in [0.29, 0.717) is 18.5 Å². The minimum absolute atomic E-state index is 0.241. The first kappa shape index (κ1) is 11.7. The monoisotopic (exact) mass is 245 g/mol. The van der Waals surface area contributed by atoms with Crippen molar-refractivity contribution >= 4 is 11.6 Å². The number of Topliss-reactive ketones (excluding diaryl/α,β-unsaturated/α-hetero) is 1. The topological polar surface area (TPSA) is 36.4 Å². The number of carbonyl (C=O) groups is 1. The molecule has 0 saturated carbocycles. The lowest BCUT2D eigenvalue weighted by atomic mass is 9.95. The van der Waals surface area contributed by atoms with Crippen LogP contribution in [0.25, 0.3) is 0 Å². The highest BCUT2D eigenvalue weighted by molar-refractivity contribution is 6.02. The molecule has 1 unspecified atom stereocenters. The maximum Gasteiger partial charge on any atom is 0.168 e. The number of hydrogen-bond acceptors (Lipinski definition) is 4. The number of rotatable bonds is 1. The highest BCUT2D eigenvalue weighted by atomic mass is 16.1. The fraction of sp³-hybridized carbons (Fsp3) is 0.571. The van der Waals surface area contributed by atoms with Crippen LogP contribution in [0.1, 0.15) is 30.6 Å². The fourth-order valence-corrected chi connectivity index (χ4v) is 2.97. The van der Waals surface area contributed by atoms with Crippen molar-refractivity contribution in [1.29, 1.82) is 0 Å². The van der Waals surface area contributed by atoms with Gasteiger partial charge in [-0.25, -0.2) is 4.98 Å². The number of carbonyl (C=O) groups excluding carboxylic acids is 1. The van der Waals surface area contributed by atoms with Gasteiger partial charge in [0, 0.05) is 38.3 Å². The van der Waals surface area contributed by atoms with Crippen molar-refractivity contribution in [2.45, 2.75) is 32.4 Å². The van der Waals surface area contributed by atoms with Crippen LogP contribution in [0.3, 0.4) is 0 Å². The van der Waals surface area contributed by atoms with Gasteiger partial charge in [0.2, 0.25) is 0 Å². The van der Waals surface area contributed by atoms with Crippen molar-refractivity contribution in [3.8, 4) is 0 Å². The van der Waals surface area contributed by atoms with E-state index in [2.05, 4.69) is 28.6 Å². The van der Waals surface area contributed by atoms with E-state index < -0.39 is 0 Å². The number of anilines is 1. The molecule has 96 valence electrons. The molecule has 0 bridgehead atoms. The molecule has 0 spiro atoms. The number of fused-ring (bicyclic) bond motifs is 3. The van der Waals surface area contributed by atoms with Gasteiger partial charge in [0.05, 0.1) is 11.6 Å². The Morgan fingerprint density at radius 1 is 1.39 bits per heavy atom. The van der Waals surface area contributed by atoms with Crippen molar-refractivity contribution in [3.63, 3.8) is 0 Å². The second-order valence-electron chi connectivity index (χ2n) is 5.44. The summed E-state index contributed by atoms with van der Waals surface area (Å²) in [4.78, 5) is 21.3. The molecule has 0 amide bonds. The van der Waals surface area contributed by atoms with Crippen LogP contribution in [0.15, 0.2) is 18.3 Å². The lowest BCUT2D eigenvalue weighted by Crippen LogP contribution is -2.57. The maximum atomic E-state index is 12.1. The summed E-state index contributed by atoms with van der Waals surface area (Å²) in [5.41, 5.74) is 0.798. The molecule has 4 nitrogen and oxygen atoms in total. The Labute approximate surface area is 108 Å². The molecule has 3 heterocycles. The highest BCUT2D eigenvalue weighted by Crippen LogP contribution is 2.30. The van der Waals surface area contributed by atoms with Gasteiger partial charge in [-0.1, -0.05) is 0 Å². The Morgan fingerprint density at radius 3 is 3.00 bits per heavy atom. The van der Waals surface area contributed by atoms with Crippen molar-refractivity contribution in [2.75, 3.05) is 24.5 Å². The molecule has 18 heavy (non-hydrogen) atoms. The molecule has 2 aliphatic rings. The van der Waals surface area contributed by atoms with Gasteiger partial charge >= 0.3 is 0 Å². The molecule has 2 aliphatic heterocycles. The van der Waals surface area contributed by atoms with Crippen LogP contribution < -0.4 is 4.90 Å². The van der Waals surface area contributed by atoms with Crippen LogP contribution in [-0.2, 0) is 0 Å². The van der Waals surface area contributed by atoms with E-state index in [-0.39, 0.29) is 5.78 Å². The third-order valence-electron chi connectivity index (χ3n) is 4.02. The van der Waals surface area contributed by atoms with Crippen molar-refractivity contribution in [1.82, 2.24) is 9.88 Å². The average molecular weight is 245 g/mol. The molecule has 0 N–H and O–H groups in total. The smallest absolute Gasteiger partial charge is 0.168 e. The van der Waals surface area contributed by atoms with E-state index in [9.17, 15) is 4.79 Å². The van der Waals surface area contributed by atoms with Gasteiger partial charge in [-0.2, -0.15) is 0 Å². The van der Waals surface area contributed by atoms with Gasteiger partial charge in [0.15, 0.2) is 5.78 Å². The Kier molecular flexibility index (Phi) is 2.82.